The number of allylic oxidation sites excluding steroid dienone is 4. The second-order valence-corrected chi connectivity index (χ2v) is 3.00. The molecule has 1 heteroatoms. The predicted molar refractivity (Wildman–Crippen MR) is 53.2 cm³/mol. The Balaban J connectivity index is 2.41. The molecule has 1 aromatic carbocycles. The van der Waals surface area contributed by atoms with Crippen LogP contribution in [0, 0.1) is 0 Å². The molecule has 0 amide bonds. The zero-order valence-corrected chi connectivity index (χ0v) is 7.23. The minimum atomic E-state index is 0.203. The standard InChI is InChI=1S/C12H10O/c13-12-9-5-4-8-11(12)10-6-2-1-3-7-10/h1-8H,9H2. The highest BCUT2D eigenvalue weighted by atomic mass is 16.1. The van der Waals surface area contributed by atoms with E-state index >= 15 is 0 Å². The van der Waals surface area contributed by atoms with E-state index in [9.17, 15) is 4.79 Å². The normalized spacial score (nSPS) is 15.7. The number of carbonyl (C=O) groups excluding carboxylic acids is 1. The molecule has 0 aromatic heterocycles. The molecular formula is C12H10O. The van der Waals surface area contributed by atoms with Crippen LogP contribution in [0.2, 0.25) is 0 Å². The van der Waals surface area contributed by atoms with E-state index in [1.807, 2.05) is 48.6 Å². The molecule has 0 aliphatic heterocycles. The van der Waals surface area contributed by atoms with E-state index < -0.39 is 0 Å². The number of hydrogen-bond acceptors (Lipinski definition) is 1. The Morgan fingerprint density at radius 1 is 1.08 bits per heavy atom. The molecule has 0 saturated heterocycles. The molecule has 0 bridgehead atoms. The van der Waals surface area contributed by atoms with Gasteiger partial charge in [0.15, 0.2) is 5.78 Å². The van der Waals surface area contributed by atoms with Crippen LogP contribution in [-0.2, 0) is 4.79 Å². The number of carbonyl (C=O) groups is 1. The molecule has 13 heavy (non-hydrogen) atoms. The van der Waals surface area contributed by atoms with Crippen molar-refractivity contribution in [2.75, 3.05) is 0 Å². The van der Waals surface area contributed by atoms with Gasteiger partial charge in [0.25, 0.3) is 0 Å². The van der Waals surface area contributed by atoms with Crippen molar-refractivity contribution in [2.45, 2.75) is 6.42 Å². The molecular weight excluding hydrogens is 160 g/mol. The van der Waals surface area contributed by atoms with Crippen LogP contribution >= 0.6 is 0 Å². The number of Topliss-reactive ketones (excluding diaryl/α,β-unsaturated/α-hetero) is 1. The van der Waals surface area contributed by atoms with Gasteiger partial charge in [-0.1, -0.05) is 48.6 Å². The van der Waals surface area contributed by atoms with Crippen LogP contribution in [-0.4, -0.2) is 5.78 Å². The molecule has 1 aliphatic rings. The summed E-state index contributed by atoms with van der Waals surface area (Å²) in [6.45, 7) is 0. The van der Waals surface area contributed by atoms with E-state index in [0.717, 1.165) is 11.1 Å². The molecule has 0 heterocycles. The van der Waals surface area contributed by atoms with E-state index in [-0.39, 0.29) is 5.78 Å². The average molecular weight is 170 g/mol. The van der Waals surface area contributed by atoms with Crippen LogP contribution in [0.25, 0.3) is 5.57 Å². The summed E-state index contributed by atoms with van der Waals surface area (Å²) in [5, 5.41) is 0. The highest BCUT2D eigenvalue weighted by Crippen LogP contribution is 2.19. The first-order valence-corrected chi connectivity index (χ1v) is 4.33. The second-order valence-electron chi connectivity index (χ2n) is 3.00. The van der Waals surface area contributed by atoms with Crippen LogP contribution in [0.4, 0.5) is 0 Å². The van der Waals surface area contributed by atoms with Crippen molar-refractivity contribution in [1.29, 1.82) is 0 Å². The van der Waals surface area contributed by atoms with E-state index in [1.54, 1.807) is 0 Å². The fourth-order valence-electron chi connectivity index (χ4n) is 1.42. The summed E-state index contributed by atoms with van der Waals surface area (Å²) in [4.78, 5) is 11.5. The molecule has 64 valence electrons. The zero-order valence-electron chi connectivity index (χ0n) is 7.23. The van der Waals surface area contributed by atoms with Gasteiger partial charge in [0, 0.05) is 12.0 Å². The Hall–Kier alpha value is -1.63. The Morgan fingerprint density at radius 2 is 1.85 bits per heavy atom. The van der Waals surface area contributed by atoms with Crippen molar-refractivity contribution in [3.05, 3.63) is 54.1 Å². The Labute approximate surface area is 77.4 Å². The number of rotatable bonds is 1. The SMILES string of the molecule is O=C1CC=CC=C1c1ccccc1. The summed E-state index contributed by atoms with van der Waals surface area (Å²) in [6.07, 6.45) is 6.22. The molecule has 0 spiro atoms. The van der Waals surface area contributed by atoms with Crippen molar-refractivity contribution >= 4 is 11.4 Å². The maximum absolute atomic E-state index is 11.5. The number of hydrogen-bond donors (Lipinski definition) is 0. The largest absolute Gasteiger partial charge is 0.294 e. The summed E-state index contributed by atoms with van der Waals surface area (Å²) in [7, 11) is 0. The first-order valence-electron chi connectivity index (χ1n) is 4.33. The monoisotopic (exact) mass is 170 g/mol. The minimum absolute atomic E-state index is 0.203. The van der Waals surface area contributed by atoms with Gasteiger partial charge < -0.3 is 0 Å². The summed E-state index contributed by atoms with van der Waals surface area (Å²) in [5.41, 5.74) is 1.83. The molecule has 0 unspecified atom stereocenters. The Bertz CT molecular complexity index is 371. The van der Waals surface area contributed by atoms with Gasteiger partial charge in [0.2, 0.25) is 0 Å². The smallest absolute Gasteiger partial charge is 0.167 e. The first-order chi connectivity index (χ1) is 6.38. The van der Waals surface area contributed by atoms with Gasteiger partial charge in [-0.25, -0.2) is 0 Å². The number of benzene rings is 1. The maximum atomic E-state index is 11.5. The van der Waals surface area contributed by atoms with Crippen LogP contribution in [0.1, 0.15) is 12.0 Å². The van der Waals surface area contributed by atoms with E-state index in [0.29, 0.717) is 6.42 Å². The summed E-state index contributed by atoms with van der Waals surface area (Å²) in [5.74, 6) is 0.203. The van der Waals surface area contributed by atoms with Gasteiger partial charge in [0.1, 0.15) is 0 Å². The van der Waals surface area contributed by atoms with Crippen LogP contribution < -0.4 is 0 Å². The highest BCUT2D eigenvalue weighted by Gasteiger charge is 2.11. The third-order valence-corrected chi connectivity index (χ3v) is 2.09. The summed E-state index contributed by atoms with van der Waals surface area (Å²) in [6, 6.07) is 9.77. The van der Waals surface area contributed by atoms with Crippen molar-refractivity contribution in [3.63, 3.8) is 0 Å². The number of ketones is 1. The first kappa shape index (κ1) is 7.99. The fraction of sp³-hybridized carbons (Fsp3) is 0.0833. The van der Waals surface area contributed by atoms with Gasteiger partial charge in [-0.05, 0) is 5.56 Å². The molecule has 1 aromatic rings. The van der Waals surface area contributed by atoms with Gasteiger partial charge >= 0.3 is 0 Å². The van der Waals surface area contributed by atoms with Crippen molar-refractivity contribution in [1.82, 2.24) is 0 Å². The topological polar surface area (TPSA) is 17.1 Å². The molecule has 2 rings (SSSR count). The molecule has 1 nitrogen and oxygen atoms in total. The van der Waals surface area contributed by atoms with Gasteiger partial charge in [-0.15, -0.1) is 0 Å². The van der Waals surface area contributed by atoms with E-state index in [4.69, 9.17) is 0 Å². The lowest BCUT2D eigenvalue weighted by Gasteiger charge is -2.07. The molecule has 0 saturated carbocycles. The van der Waals surface area contributed by atoms with Gasteiger partial charge in [-0.2, -0.15) is 0 Å². The lowest BCUT2D eigenvalue weighted by atomic mass is 9.96. The average Bonchev–Trinajstić information content (AvgIpc) is 2.20. The Kier molecular flexibility index (Phi) is 2.09. The van der Waals surface area contributed by atoms with Crippen LogP contribution in [0.5, 0.6) is 0 Å². The van der Waals surface area contributed by atoms with E-state index in [1.165, 1.54) is 0 Å². The van der Waals surface area contributed by atoms with E-state index in [2.05, 4.69) is 0 Å². The van der Waals surface area contributed by atoms with Crippen molar-refractivity contribution in [2.24, 2.45) is 0 Å². The zero-order chi connectivity index (χ0) is 9.10. The quantitative estimate of drug-likeness (QED) is 0.633. The maximum Gasteiger partial charge on any atom is 0.167 e. The predicted octanol–water partition coefficient (Wildman–Crippen LogP) is 2.60. The molecule has 1 aliphatic carbocycles. The minimum Gasteiger partial charge on any atom is -0.294 e. The summed E-state index contributed by atoms with van der Waals surface area (Å²) >= 11 is 0. The molecule has 0 N–H and O–H groups in total. The molecule has 0 fully saturated rings. The third-order valence-electron chi connectivity index (χ3n) is 2.09. The van der Waals surface area contributed by atoms with Crippen LogP contribution in [0.15, 0.2) is 48.6 Å². The summed E-state index contributed by atoms with van der Waals surface area (Å²) < 4.78 is 0. The highest BCUT2D eigenvalue weighted by molar-refractivity contribution is 6.22. The third kappa shape index (κ3) is 1.59. The lowest BCUT2D eigenvalue weighted by molar-refractivity contribution is -0.113. The Morgan fingerprint density at radius 3 is 2.54 bits per heavy atom. The lowest BCUT2D eigenvalue weighted by Crippen LogP contribution is -2.02. The fourth-order valence-corrected chi connectivity index (χ4v) is 1.42. The van der Waals surface area contributed by atoms with Crippen molar-refractivity contribution in [3.8, 4) is 0 Å². The van der Waals surface area contributed by atoms with Crippen molar-refractivity contribution < 1.29 is 4.79 Å². The van der Waals surface area contributed by atoms with Gasteiger partial charge in [0.05, 0.1) is 0 Å². The van der Waals surface area contributed by atoms with Crippen LogP contribution in [0.3, 0.4) is 0 Å². The second kappa shape index (κ2) is 3.40. The molecule has 0 atom stereocenters. The molecule has 0 radical (unpaired) electrons. The van der Waals surface area contributed by atoms with Gasteiger partial charge in [-0.3, -0.25) is 4.79 Å².